The number of rotatable bonds is 3. The van der Waals surface area contributed by atoms with Crippen LogP contribution in [0.25, 0.3) is 0 Å². The Balaban J connectivity index is 1.89. The lowest BCUT2D eigenvalue weighted by Crippen LogP contribution is -2.14. The van der Waals surface area contributed by atoms with Gasteiger partial charge in [0.15, 0.2) is 5.13 Å². The maximum atomic E-state index is 11.7. The van der Waals surface area contributed by atoms with E-state index in [9.17, 15) is 4.79 Å². The van der Waals surface area contributed by atoms with Gasteiger partial charge < -0.3 is 5.32 Å². The van der Waals surface area contributed by atoms with Crippen LogP contribution in [0.3, 0.4) is 0 Å². The van der Waals surface area contributed by atoms with Gasteiger partial charge in [0.25, 0.3) is 0 Å². The number of hydrogen-bond acceptors (Lipinski definition) is 3. The van der Waals surface area contributed by atoms with E-state index in [0.29, 0.717) is 12.3 Å². The van der Waals surface area contributed by atoms with Crippen molar-refractivity contribution in [3.8, 4) is 0 Å². The monoisotopic (exact) mass is 236 g/mol. The van der Waals surface area contributed by atoms with E-state index in [-0.39, 0.29) is 5.91 Å². The van der Waals surface area contributed by atoms with Crippen LogP contribution < -0.4 is 5.32 Å². The number of thiazole rings is 1. The van der Waals surface area contributed by atoms with Gasteiger partial charge in [-0.2, -0.15) is 0 Å². The Morgan fingerprint density at radius 2 is 2.44 bits per heavy atom. The molecule has 1 aromatic rings. The predicted octanol–water partition coefficient (Wildman–Crippen LogP) is 3.05. The van der Waals surface area contributed by atoms with E-state index < -0.39 is 0 Å². The first-order valence-electron chi connectivity index (χ1n) is 5.55. The minimum atomic E-state index is 0.0744. The number of nitrogens with zero attached hydrogens (tertiary/aromatic N) is 1. The third-order valence-electron chi connectivity index (χ3n) is 2.83. The molecule has 0 radical (unpaired) electrons. The first-order valence-corrected chi connectivity index (χ1v) is 6.37. The van der Waals surface area contributed by atoms with Crippen molar-refractivity contribution >= 4 is 22.4 Å². The molecule has 0 aliphatic heterocycles. The Labute approximate surface area is 99.6 Å². The molecule has 0 aromatic carbocycles. The van der Waals surface area contributed by atoms with Gasteiger partial charge in [0.2, 0.25) is 5.91 Å². The number of aromatic nitrogens is 1. The fourth-order valence-electron chi connectivity index (χ4n) is 1.80. The summed E-state index contributed by atoms with van der Waals surface area (Å²) in [5, 5.41) is 3.59. The van der Waals surface area contributed by atoms with Crippen molar-refractivity contribution in [1.29, 1.82) is 0 Å². The van der Waals surface area contributed by atoms with Crippen molar-refractivity contribution in [2.45, 2.75) is 33.1 Å². The number of carbonyl (C=O) groups is 1. The molecule has 1 aliphatic carbocycles. The summed E-state index contributed by atoms with van der Waals surface area (Å²) in [5.41, 5.74) is 1.00. The van der Waals surface area contributed by atoms with Gasteiger partial charge in [-0.1, -0.05) is 12.2 Å². The molecule has 86 valence electrons. The van der Waals surface area contributed by atoms with Gasteiger partial charge in [0, 0.05) is 11.3 Å². The predicted molar refractivity (Wildman–Crippen MR) is 66.7 cm³/mol. The Hall–Kier alpha value is -1.16. The molecule has 0 spiro atoms. The van der Waals surface area contributed by atoms with Crippen molar-refractivity contribution < 1.29 is 4.79 Å². The molecule has 16 heavy (non-hydrogen) atoms. The summed E-state index contributed by atoms with van der Waals surface area (Å²) in [5.74, 6) is 0.493. The van der Waals surface area contributed by atoms with Gasteiger partial charge in [0.05, 0.1) is 5.69 Å². The number of allylic oxidation sites excluding steroid dienone is 2. The van der Waals surface area contributed by atoms with Crippen LogP contribution in [0.1, 0.15) is 29.8 Å². The third-order valence-corrected chi connectivity index (χ3v) is 3.82. The average molecular weight is 236 g/mol. The minimum Gasteiger partial charge on any atom is -0.302 e. The Morgan fingerprint density at radius 3 is 3.00 bits per heavy atom. The van der Waals surface area contributed by atoms with Gasteiger partial charge in [-0.15, -0.1) is 11.3 Å². The van der Waals surface area contributed by atoms with Crippen LogP contribution in [0, 0.1) is 19.8 Å². The van der Waals surface area contributed by atoms with E-state index in [1.165, 1.54) is 11.3 Å². The number of amides is 1. The number of hydrogen-bond donors (Lipinski definition) is 1. The largest absolute Gasteiger partial charge is 0.302 e. The van der Waals surface area contributed by atoms with E-state index in [0.717, 1.165) is 28.5 Å². The van der Waals surface area contributed by atoms with Crippen LogP contribution in [0.4, 0.5) is 5.13 Å². The van der Waals surface area contributed by atoms with Gasteiger partial charge in [-0.05, 0) is 32.6 Å². The van der Waals surface area contributed by atoms with E-state index in [4.69, 9.17) is 0 Å². The minimum absolute atomic E-state index is 0.0744. The van der Waals surface area contributed by atoms with Crippen molar-refractivity contribution in [2.75, 3.05) is 5.32 Å². The lowest BCUT2D eigenvalue weighted by molar-refractivity contribution is -0.116. The SMILES string of the molecule is Cc1nc(NC(=O)C[C@@H]2C=CCC2)sc1C. The zero-order chi connectivity index (χ0) is 11.5. The quantitative estimate of drug-likeness (QED) is 0.819. The van der Waals surface area contributed by atoms with Gasteiger partial charge in [-0.25, -0.2) is 4.98 Å². The summed E-state index contributed by atoms with van der Waals surface area (Å²) in [6, 6.07) is 0. The molecule has 2 rings (SSSR count). The number of aryl methyl sites for hydroxylation is 2. The first-order chi connectivity index (χ1) is 7.65. The second kappa shape index (κ2) is 4.78. The zero-order valence-corrected chi connectivity index (χ0v) is 10.4. The summed E-state index contributed by atoms with van der Waals surface area (Å²) in [6.45, 7) is 3.98. The fraction of sp³-hybridized carbons (Fsp3) is 0.500. The molecule has 1 atom stereocenters. The molecule has 1 amide bonds. The lowest BCUT2D eigenvalue weighted by Gasteiger charge is -2.06. The molecule has 1 aliphatic rings. The molecule has 0 unspecified atom stereocenters. The van der Waals surface area contributed by atoms with E-state index >= 15 is 0 Å². The van der Waals surface area contributed by atoms with Gasteiger partial charge in [-0.3, -0.25) is 4.79 Å². The molecular weight excluding hydrogens is 220 g/mol. The van der Waals surface area contributed by atoms with Gasteiger partial charge >= 0.3 is 0 Å². The van der Waals surface area contributed by atoms with E-state index in [1.807, 2.05) is 13.8 Å². The molecule has 0 saturated carbocycles. The van der Waals surface area contributed by atoms with Crippen LogP contribution in [0.15, 0.2) is 12.2 Å². The summed E-state index contributed by atoms with van der Waals surface area (Å²) >= 11 is 1.54. The molecule has 0 bridgehead atoms. The number of nitrogens with one attached hydrogen (secondary N) is 1. The highest BCUT2D eigenvalue weighted by molar-refractivity contribution is 7.15. The maximum absolute atomic E-state index is 11.7. The molecular formula is C12H16N2OS. The second-order valence-electron chi connectivity index (χ2n) is 4.18. The van der Waals surface area contributed by atoms with Crippen LogP contribution in [0.2, 0.25) is 0 Å². The third kappa shape index (κ3) is 2.70. The highest BCUT2D eigenvalue weighted by Gasteiger charge is 2.15. The number of carbonyl (C=O) groups excluding carboxylic acids is 1. The molecule has 0 fully saturated rings. The first kappa shape index (κ1) is 11.3. The highest BCUT2D eigenvalue weighted by atomic mass is 32.1. The van der Waals surface area contributed by atoms with Crippen LogP contribution in [-0.2, 0) is 4.79 Å². The normalized spacial score (nSPS) is 19.0. The van der Waals surface area contributed by atoms with E-state index in [1.54, 1.807) is 0 Å². The van der Waals surface area contributed by atoms with Crippen LogP contribution >= 0.6 is 11.3 Å². The van der Waals surface area contributed by atoms with Crippen LogP contribution in [0.5, 0.6) is 0 Å². The summed E-state index contributed by atoms with van der Waals surface area (Å²) < 4.78 is 0. The smallest absolute Gasteiger partial charge is 0.226 e. The Kier molecular flexibility index (Phi) is 3.39. The number of anilines is 1. The van der Waals surface area contributed by atoms with Crippen molar-refractivity contribution in [1.82, 2.24) is 4.98 Å². The van der Waals surface area contributed by atoms with Gasteiger partial charge in [0.1, 0.15) is 0 Å². The molecule has 1 aromatic heterocycles. The van der Waals surface area contributed by atoms with Crippen molar-refractivity contribution in [3.63, 3.8) is 0 Å². The zero-order valence-electron chi connectivity index (χ0n) is 9.62. The lowest BCUT2D eigenvalue weighted by atomic mass is 10.1. The molecule has 4 heteroatoms. The standard InChI is InChI=1S/C12H16N2OS/c1-8-9(2)16-12(13-8)14-11(15)7-10-5-3-4-6-10/h3,5,10H,4,6-7H2,1-2H3,(H,13,14,15)/t10-/m1/s1. The highest BCUT2D eigenvalue weighted by Crippen LogP contribution is 2.23. The average Bonchev–Trinajstić information content (AvgIpc) is 2.78. The Morgan fingerprint density at radius 1 is 1.62 bits per heavy atom. The molecule has 1 N–H and O–H groups in total. The molecule has 3 nitrogen and oxygen atoms in total. The van der Waals surface area contributed by atoms with Crippen molar-refractivity contribution in [3.05, 3.63) is 22.7 Å². The maximum Gasteiger partial charge on any atom is 0.226 e. The topological polar surface area (TPSA) is 42.0 Å². The summed E-state index contributed by atoms with van der Waals surface area (Å²) in [7, 11) is 0. The Bertz CT molecular complexity index is 403. The molecule has 1 heterocycles. The van der Waals surface area contributed by atoms with E-state index in [2.05, 4.69) is 22.5 Å². The second-order valence-corrected chi connectivity index (χ2v) is 5.38. The van der Waals surface area contributed by atoms with Crippen molar-refractivity contribution in [2.24, 2.45) is 5.92 Å². The molecule has 0 saturated heterocycles. The van der Waals surface area contributed by atoms with Crippen LogP contribution in [-0.4, -0.2) is 10.9 Å². The summed E-state index contributed by atoms with van der Waals surface area (Å²) in [4.78, 5) is 17.2. The fourth-order valence-corrected chi connectivity index (χ4v) is 2.63. The summed E-state index contributed by atoms with van der Waals surface area (Å²) in [6.07, 6.45) is 7.07.